The third kappa shape index (κ3) is 5.08. The first-order chi connectivity index (χ1) is 14.6. The minimum atomic E-state index is -0.142. The van der Waals surface area contributed by atoms with Crippen molar-refractivity contribution in [2.75, 3.05) is 11.1 Å². The number of hydrogen-bond donors (Lipinski definition) is 1. The van der Waals surface area contributed by atoms with Crippen LogP contribution >= 0.6 is 34.7 Å². The molecule has 9 heteroatoms. The number of anilines is 1. The summed E-state index contributed by atoms with van der Waals surface area (Å²) in [5, 5.41) is 12.9. The molecule has 0 radical (unpaired) electrons. The lowest BCUT2D eigenvalue weighted by molar-refractivity contribution is -0.113. The zero-order valence-electron chi connectivity index (χ0n) is 16.1. The fourth-order valence-corrected chi connectivity index (χ4v) is 4.55. The topological polar surface area (TPSA) is 72.7 Å². The fourth-order valence-electron chi connectivity index (χ4n) is 2.77. The maximum atomic E-state index is 12.4. The van der Waals surface area contributed by atoms with Crippen LogP contribution in [0.4, 0.5) is 5.13 Å². The lowest BCUT2D eigenvalue weighted by Gasteiger charge is -2.06. The SMILES string of the molecule is Cc1ccc(-n2cnnc2SCC(=O)Nc2ncc(Cc3ccccc3Cl)s2)cc1. The summed E-state index contributed by atoms with van der Waals surface area (Å²) in [6.07, 6.45) is 4.10. The number of halogens is 1. The molecule has 0 aliphatic heterocycles. The Hall–Kier alpha value is -2.68. The summed E-state index contributed by atoms with van der Waals surface area (Å²) >= 11 is 8.99. The first kappa shape index (κ1) is 20.6. The summed E-state index contributed by atoms with van der Waals surface area (Å²) in [6.45, 7) is 2.04. The van der Waals surface area contributed by atoms with E-state index < -0.39 is 0 Å². The van der Waals surface area contributed by atoms with Crippen molar-refractivity contribution in [3.8, 4) is 5.69 Å². The molecule has 0 bridgehead atoms. The van der Waals surface area contributed by atoms with E-state index in [0.29, 0.717) is 16.7 Å². The first-order valence-corrected chi connectivity index (χ1v) is 11.3. The van der Waals surface area contributed by atoms with Gasteiger partial charge in [-0.2, -0.15) is 0 Å². The van der Waals surface area contributed by atoms with Crippen molar-refractivity contribution in [2.24, 2.45) is 0 Å². The van der Waals surface area contributed by atoms with Crippen LogP contribution in [0.3, 0.4) is 0 Å². The van der Waals surface area contributed by atoms with Gasteiger partial charge >= 0.3 is 0 Å². The van der Waals surface area contributed by atoms with Crippen LogP contribution in [0.25, 0.3) is 5.69 Å². The molecule has 4 rings (SSSR count). The normalized spacial score (nSPS) is 10.9. The van der Waals surface area contributed by atoms with E-state index in [1.165, 1.54) is 28.7 Å². The summed E-state index contributed by atoms with van der Waals surface area (Å²) in [4.78, 5) is 17.7. The molecule has 0 fully saturated rings. The monoisotopic (exact) mass is 455 g/mol. The Labute approximate surface area is 187 Å². The van der Waals surface area contributed by atoms with Gasteiger partial charge in [0.25, 0.3) is 0 Å². The van der Waals surface area contributed by atoms with Crippen molar-refractivity contribution in [2.45, 2.75) is 18.5 Å². The highest BCUT2D eigenvalue weighted by molar-refractivity contribution is 7.99. The third-order valence-electron chi connectivity index (χ3n) is 4.28. The van der Waals surface area contributed by atoms with Crippen molar-refractivity contribution in [1.82, 2.24) is 19.7 Å². The van der Waals surface area contributed by atoms with Crippen LogP contribution in [-0.4, -0.2) is 31.4 Å². The number of benzene rings is 2. The Morgan fingerprint density at radius 1 is 1.20 bits per heavy atom. The maximum absolute atomic E-state index is 12.4. The average molecular weight is 456 g/mol. The number of nitrogens with one attached hydrogen (secondary N) is 1. The van der Waals surface area contributed by atoms with Gasteiger partial charge in [-0.3, -0.25) is 9.36 Å². The lowest BCUT2D eigenvalue weighted by Crippen LogP contribution is -2.14. The molecule has 0 atom stereocenters. The van der Waals surface area contributed by atoms with Crippen molar-refractivity contribution < 1.29 is 4.79 Å². The van der Waals surface area contributed by atoms with Crippen molar-refractivity contribution >= 4 is 45.7 Å². The molecule has 6 nitrogen and oxygen atoms in total. The zero-order chi connectivity index (χ0) is 20.9. The van der Waals surface area contributed by atoms with Gasteiger partial charge in [-0.25, -0.2) is 4.98 Å². The van der Waals surface area contributed by atoms with Gasteiger partial charge in [0, 0.05) is 28.2 Å². The molecule has 0 aliphatic rings. The van der Waals surface area contributed by atoms with E-state index in [2.05, 4.69) is 20.5 Å². The molecule has 1 N–H and O–H groups in total. The predicted molar refractivity (Wildman–Crippen MR) is 122 cm³/mol. The molecule has 4 aromatic rings. The molecule has 0 saturated heterocycles. The second-order valence-corrected chi connectivity index (χ2v) is 9.02. The Balaban J connectivity index is 1.34. The van der Waals surface area contributed by atoms with E-state index in [9.17, 15) is 4.79 Å². The van der Waals surface area contributed by atoms with E-state index in [1.807, 2.05) is 60.0 Å². The van der Waals surface area contributed by atoms with Crippen LogP contribution in [0.2, 0.25) is 5.02 Å². The van der Waals surface area contributed by atoms with E-state index >= 15 is 0 Å². The molecule has 0 aliphatic carbocycles. The molecule has 2 heterocycles. The smallest absolute Gasteiger partial charge is 0.236 e. The van der Waals surface area contributed by atoms with Crippen molar-refractivity contribution in [1.29, 1.82) is 0 Å². The second-order valence-electron chi connectivity index (χ2n) is 6.56. The van der Waals surface area contributed by atoms with E-state index in [4.69, 9.17) is 11.6 Å². The number of aryl methyl sites for hydroxylation is 1. The number of carbonyl (C=O) groups is 1. The average Bonchev–Trinajstić information content (AvgIpc) is 3.38. The highest BCUT2D eigenvalue weighted by Gasteiger charge is 2.12. The summed E-state index contributed by atoms with van der Waals surface area (Å²) < 4.78 is 1.86. The lowest BCUT2D eigenvalue weighted by atomic mass is 10.1. The van der Waals surface area contributed by atoms with Crippen LogP contribution in [0.5, 0.6) is 0 Å². The molecule has 2 aromatic carbocycles. The van der Waals surface area contributed by atoms with Crippen molar-refractivity contribution in [3.63, 3.8) is 0 Å². The molecule has 0 saturated carbocycles. The highest BCUT2D eigenvalue weighted by atomic mass is 35.5. The van der Waals surface area contributed by atoms with Gasteiger partial charge in [-0.05, 0) is 30.7 Å². The molecule has 30 heavy (non-hydrogen) atoms. The number of thiazole rings is 1. The molecular weight excluding hydrogens is 438 g/mol. The Morgan fingerprint density at radius 2 is 2.00 bits per heavy atom. The highest BCUT2D eigenvalue weighted by Crippen LogP contribution is 2.25. The number of nitrogens with zero attached hydrogens (tertiary/aromatic N) is 4. The largest absolute Gasteiger partial charge is 0.301 e. The Kier molecular flexibility index (Phi) is 6.47. The minimum absolute atomic E-state index is 0.142. The van der Waals surface area contributed by atoms with Crippen molar-refractivity contribution in [3.05, 3.63) is 82.1 Å². The van der Waals surface area contributed by atoms with Gasteiger partial charge in [-0.15, -0.1) is 21.5 Å². The fraction of sp³-hybridized carbons (Fsp3) is 0.143. The molecule has 2 aromatic heterocycles. The van der Waals surface area contributed by atoms with Crippen LogP contribution < -0.4 is 5.32 Å². The summed E-state index contributed by atoms with van der Waals surface area (Å²) in [5.41, 5.74) is 3.17. The maximum Gasteiger partial charge on any atom is 0.236 e. The molecule has 152 valence electrons. The van der Waals surface area contributed by atoms with Gasteiger partial charge < -0.3 is 5.32 Å². The first-order valence-electron chi connectivity index (χ1n) is 9.16. The number of thioether (sulfide) groups is 1. The van der Waals surface area contributed by atoms with Crippen LogP contribution in [0.15, 0.2) is 66.2 Å². The standard InChI is InChI=1S/C21H18ClN5OS2/c1-14-6-8-16(9-7-14)27-13-24-26-21(27)29-12-19(28)25-20-23-11-17(30-20)10-15-4-2-3-5-18(15)22/h2-9,11,13H,10,12H2,1H3,(H,23,25,28). The van der Waals surface area contributed by atoms with E-state index in [1.54, 1.807) is 12.5 Å². The van der Waals surface area contributed by atoms with Gasteiger partial charge in [0.15, 0.2) is 10.3 Å². The molecular formula is C21H18ClN5OS2. The molecule has 1 amide bonds. The van der Waals surface area contributed by atoms with Crippen LogP contribution in [0, 0.1) is 6.92 Å². The zero-order valence-corrected chi connectivity index (χ0v) is 18.5. The number of aromatic nitrogens is 4. The summed E-state index contributed by atoms with van der Waals surface area (Å²) in [6, 6.07) is 15.8. The summed E-state index contributed by atoms with van der Waals surface area (Å²) in [5.74, 6) is 0.0707. The summed E-state index contributed by atoms with van der Waals surface area (Å²) in [7, 11) is 0. The number of amides is 1. The molecule has 0 spiro atoms. The van der Waals surface area contributed by atoms with Crippen LogP contribution in [0.1, 0.15) is 16.0 Å². The quantitative estimate of drug-likeness (QED) is 0.396. The second kappa shape index (κ2) is 9.42. The van der Waals surface area contributed by atoms with Gasteiger partial charge in [0.1, 0.15) is 6.33 Å². The van der Waals surface area contributed by atoms with Gasteiger partial charge in [0.05, 0.1) is 5.75 Å². The van der Waals surface area contributed by atoms with Gasteiger partial charge in [0.2, 0.25) is 5.91 Å². The van der Waals surface area contributed by atoms with Gasteiger partial charge in [-0.1, -0.05) is 59.3 Å². The van der Waals surface area contributed by atoms with Crippen LogP contribution in [-0.2, 0) is 11.2 Å². The number of carbonyl (C=O) groups excluding carboxylic acids is 1. The Bertz CT molecular complexity index is 1160. The third-order valence-corrected chi connectivity index (χ3v) is 6.51. The minimum Gasteiger partial charge on any atom is -0.301 e. The molecule has 0 unspecified atom stereocenters. The predicted octanol–water partition coefficient (Wildman–Crippen LogP) is 5.01. The number of rotatable bonds is 7. The number of hydrogen-bond acceptors (Lipinski definition) is 6. The van der Waals surface area contributed by atoms with E-state index in [0.717, 1.165) is 21.2 Å². The van der Waals surface area contributed by atoms with E-state index in [-0.39, 0.29) is 11.7 Å². The Morgan fingerprint density at radius 3 is 2.80 bits per heavy atom.